The van der Waals surface area contributed by atoms with E-state index in [0.717, 1.165) is 17.4 Å². The fourth-order valence-electron chi connectivity index (χ4n) is 8.52. The molecule has 0 aliphatic carbocycles. The van der Waals surface area contributed by atoms with E-state index in [0.29, 0.717) is 31.2 Å². The molecule has 4 fully saturated rings. The number of halogens is 7. The first-order valence-corrected chi connectivity index (χ1v) is 16.8. The normalized spacial score (nSPS) is 24.8. The fourth-order valence-corrected chi connectivity index (χ4v) is 8.78. The monoisotopic (exact) mass is 730 g/mol. The summed E-state index contributed by atoms with van der Waals surface area (Å²) in [6, 6.07) is 3.45. The quantitative estimate of drug-likeness (QED) is 0.148. The third-order valence-corrected chi connectivity index (χ3v) is 10.9. The number of pyridine rings is 1. The molecular formula is C35H29ClF6N6O3. The molecule has 1 N–H and O–H groups in total. The molecule has 0 radical (unpaired) electrons. The van der Waals surface area contributed by atoms with E-state index in [-0.39, 0.29) is 82.8 Å². The molecule has 4 aliphatic heterocycles. The number of rotatable bonds is 5. The molecule has 4 atom stereocenters. The van der Waals surface area contributed by atoms with Crippen LogP contribution in [0.15, 0.2) is 24.3 Å². The molecule has 0 saturated carbocycles. The smallest absolute Gasteiger partial charge is 0.471 e. The van der Waals surface area contributed by atoms with Crippen molar-refractivity contribution in [1.29, 1.82) is 0 Å². The number of carbonyl (C=O) groups is 1. The van der Waals surface area contributed by atoms with Crippen LogP contribution in [0.5, 0.6) is 11.8 Å². The zero-order valence-electron chi connectivity index (χ0n) is 26.8. The van der Waals surface area contributed by atoms with Crippen LogP contribution in [-0.2, 0) is 4.79 Å². The van der Waals surface area contributed by atoms with Crippen LogP contribution in [0.2, 0.25) is 5.15 Å². The molecule has 2 bridgehead atoms. The highest BCUT2D eigenvalue weighted by atomic mass is 35.5. The summed E-state index contributed by atoms with van der Waals surface area (Å²) in [6.45, 7) is 0.403. The van der Waals surface area contributed by atoms with Gasteiger partial charge in [0.1, 0.15) is 46.5 Å². The molecule has 4 saturated heterocycles. The Morgan fingerprint density at radius 3 is 2.55 bits per heavy atom. The zero-order chi connectivity index (χ0) is 36.0. The van der Waals surface area contributed by atoms with Gasteiger partial charge >= 0.3 is 18.1 Å². The Morgan fingerprint density at radius 1 is 1.10 bits per heavy atom. The Hall–Kier alpha value is -4.55. The molecule has 6 heterocycles. The second-order valence-corrected chi connectivity index (χ2v) is 14.0. The molecular weight excluding hydrogens is 702 g/mol. The van der Waals surface area contributed by atoms with Crippen molar-refractivity contribution in [2.24, 2.45) is 0 Å². The molecule has 4 aliphatic rings. The molecule has 9 nitrogen and oxygen atoms in total. The van der Waals surface area contributed by atoms with Gasteiger partial charge in [-0.05, 0) is 55.8 Å². The number of alkyl halides is 4. The van der Waals surface area contributed by atoms with Crippen molar-refractivity contribution in [1.82, 2.24) is 24.8 Å². The lowest BCUT2D eigenvalue weighted by Gasteiger charge is -2.42. The topological polar surface area (TPSA) is 94.9 Å². The molecule has 1 amide bonds. The number of phenolic OH excluding ortho intramolecular Hbond substituents is 1. The molecule has 16 heteroatoms. The van der Waals surface area contributed by atoms with Gasteiger partial charge in [0, 0.05) is 49.1 Å². The first-order chi connectivity index (χ1) is 24.3. The Kier molecular flexibility index (Phi) is 7.91. The average molecular weight is 731 g/mol. The number of piperazine rings is 1. The third kappa shape index (κ3) is 5.45. The van der Waals surface area contributed by atoms with E-state index in [1.54, 1.807) is 4.90 Å². The third-order valence-electron chi connectivity index (χ3n) is 10.6. The molecule has 4 aromatic rings. The van der Waals surface area contributed by atoms with E-state index in [1.807, 2.05) is 4.90 Å². The summed E-state index contributed by atoms with van der Waals surface area (Å²) in [5.41, 5.74) is -1.65. The number of hydrogen-bond acceptors (Lipinski definition) is 8. The summed E-state index contributed by atoms with van der Waals surface area (Å²) in [5.74, 6) is -1.70. The van der Waals surface area contributed by atoms with E-state index in [4.69, 9.17) is 22.8 Å². The van der Waals surface area contributed by atoms with Crippen molar-refractivity contribution in [2.45, 2.75) is 62.1 Å². The van der Waals surface area contributed by atoms with Crippen LogP contribution in [-0.4, -0.2) is 98.5 Å². The van der Waals surface area contributed by atoms with E-state index < -0.39 is 53.2 Å². The lowest BCUT2D eigenvalue weighted by Crippen LogP contribution is -2.58. The summed E-state index contributed by atoms with van der Waals surface area (Å²) in [7, 11) is 0. The molecule has 8 rings (SSSR count). The van der Waals surface area contributed by atoms with E-state index in [9.17, 15) is 31.9 Å². The van der Waals surface area contributed by atoms with Crippen LogP contribution in [0.4, 0.5) is 32.2 Å². The number of hydrogen-bond donors (Lipinski definition) is 1. The second-order valence-electron chi connectivity index (χ2n) is 13.6. The number of aromatic nitrogens is 3. The van der Waals surface area contributed by atoms with E-state index in [2.05, 4.69) is 20.9 Å². The number of amides is 1. The number of carbonyl (C=O) groups excluding carboxylic acids is 1. The van der Waals surface area contributed by atoms with Crippen molar-refractivity contribution in [3.63, 3.8) is 0 Å². The van der Waals surface area contributed by atoms with Crippen LogP contribution in [0, 0.1) is 24.0 Å². The summed E-state index contributed by atoms with van der Waals surface area (Å²) < 4.78 is 92.8. The minimum Gasteiger partial charge on any atom is -0.508 e. The van der Waals surface area contributed by atoms with Gasteiger partial charge in [0.15, 0.2) is 5.82 Å². The standard InChI is InChI=1S/C35H29ClF6N6O3/c1-2-22-24(38)7-4-17-10-21(49)11-23(25(17)22)28-27(39)29-26(30(36)43-28)31(48-19-5-6-20(48)15-46(14-19)32(50)35(40,41)42)45-33(44-29)51-16-34-8-3-9-47(34)13-18(37)12-34/h1,4,7,10-11,18-20,49H,3,5-6,8-9,12-16H2/t18-,19?,20?,34+/m1/s1. The second kappa shape index (κ2) is 12.0. The molecule has 0 spiro atoms. The van der Waals surface area contributed by atoms with Gasteiger partial charge in [0.2, 0.25) is 0 Å². The lowest BCUT2D eigenvalue weighted by molar-refractivity contribution is -0.186. The predicted octanol–water partition coefficient (Wildman–Crippen LogP) is 6.16. The largest absolute Gasteiger partial charge is 0.508 e. The molecule has 2 aromatic heterocycles. The zero-order valence-corrected chi connectivity index (χ0v) is 27.5. The Bertz CT molecular complexity index is 2150. The number of ether oxygens (including phenoxy) is 1. The van der Waals surface area contributed by atoms with Gasteiger partial charge in [-0.15, -0.1) is 6.42 Å². The number of terminal acetylenes is 1. The fraction of sp³-hybridized carbons (Fsp3) is 0.429. The van der Waals surface area contributed by atoms with Crippen LogP contribution in [0.1, 0.15) is 37.7 Å². The number of phenols is 1. The summed E-state index contributed by atoms with van der Waals surface area (Å²) in [4.78, 5) is 30.1. The highest BCUT2D eigenvalue weighted by Gasteiger charge is 2.51. The van der Waals surface area contributed by atoms with Crippen LogP contribution < -0.4 is 9.64 Å². The van der Waals surface area contributed by atoms with Crippen LogP contribution in [0.3, 0.4) is 0 Å². The molecule has 51 heavy (non-hydrogen) atoms. The Morgan fingerprint density at radius 2 is 1.84 bits per heavy atom. The molecule has 266 valence electrons. The summed E-state index contributed by atoms with van der Waals surface area (Å²) in [6.07, 6.45) is 2.10. The van der Waals surface area contributed by atoms with Crippen LogP contribution in [0.25, 0.3) is 32.9 Å². The lowest BCUT2D eigenvalue weighted by atomic mass is 9.95. The number of nitrogens with zero attached hydrogens (tertiary/aromatic N) is 6. The van der Waals surface area contributed by atoms with Crippen molar-refractivity contribution in [2.75, 3.05) is 37.7 Å². The Balaban J connectivity index is 1.29. The number of fused-ring (bicyclic) bond motifs is 5. The van der Waals surface area contributed by atoms with Crippen molar-refractivity contribution in [3.05, 3.63) is 46.6 Å². The van der Waals surface area contributed by atoms with Crippen molar-refractivity contribution < 1.29 is 41.0 Å². The van der Waals surface area contributed by atoms with Gasteiger partial charge in [-0.2, -0.15) is 23.1 Å². The number of aromatic hydroxyl groups is 1. The van der Waals surface area contributed by atoms with E-state index in [1.165, 1.54) is 18.2 Å². The molecule has 2 unspecified atom stereocenters. The van der Waals surface area contributed by atoms with Gasteiger partial charge in [-0.3, -0.25) is 9.69 Å². The average Bonchev–Trinajstić information content (AvgIpc) is 3.70. The minimum atomic E-state index is -5.05. The van der Waals surface area contributed by atoms with Gasteiger partial charge < -0.3 is 19.6 Å². The van der Waals surface area contributed by atoms with Gasteiger partial charge in [-0.25, -0.2) is 18.2 Å². The SMILES string of the molecule is C#Cc1c(F)ccc2cc(O)cc(-c3nc(Cl)c4c(N5C6CCC5CN(C(=O)C(F)(F)F)C6)nc(OC[C@@]56CCCN5C[C@H](F)C6)nc4c3F)c12. The highest BCUT2D eigenvalue weighted by Crippen LogP contribution is 2.45. The van der Waals surface area contributed by atoms with Crippen molar-refractivity contribution in [3.8, 4) is 35.4 Å². The molecule has 2 aromatic carbocycles. The summed E-state index contributed by atoms with van der Waals surface area (Å²) >= 11 is 6.82. The maximum atomic E-state index is 17.0. The predicted molar refractivity (Wildman–Crippen MR) is 175 cm³/mol. The highest BCUT2D eigenvalue weighted by molar-refractivity contribution is 6.35. The maximum Gasteiger partial charge on any atom is 0.471 e. The first-order valence-electron chi connectivity index (χ1n) is 16.4. The Labute approximate surface area is 292 Å². The number of anilines is 1. The first kappa shape index (κ1) is 33.6. The van der Waals surface area contributed by atoms with Gasteiger partial charge in [0.05, 0.1) is 16.5 Å². The van der Waals surface area contributed by atoms with Crippen molar-refractivity contribution >= 4 is 45.0 Å². The minimum absolute atomic E-state index is 0.00558. The number of benzene rings is 2. The number of likely N-dealkylation sites (tertiary alicyclic amines) is 1. The van der Waals surface area contributed by atoms with E-state index >= 15 is 4.39 Å². The van der Waals surface area contributed by atoms with Gasteiger partial charge in [0.25, 0.3) is 0 Å². The summed E-state index contributed by atoms with van der Waals surface area (Å²) in [5, 5.41) is 10.6. The van der Waals surface area contributed by atoms with Crippen LogP contribution >= 0.6 is 11.6 Å². The maximum absolute atomic E-state index is 17.0. The van der Waals surface area contributed by atoms with Gasteiger partial charge in [-0.1, -0.05) is 23.6 Å².